The molecule has 2 nitrogen and oxygen atoms in total. The first-order valence-electron chi connectivity index (χ1n) is 8.36. The van der Waals surface area contributed by atoms with E-state index in [1.807, 2.05) is 0 Å². The molecule has 0 spiro atoms. The summed E-state index contributed by atoms with van der Waals surface area (Å²) in [6, 6.07) is 0. The summed E-state index contributed by atoms with van der Waals surface area (Å²) in [7, 11) is 0. The largest absolute Gasteiger partial charge is 0.393 e. The number of allylic oxidation sites excluding steroid dienone is 3. The predicted octanol–water partition coefficient (Wildman–Crippen LogP) is 3.20. The van der Waals surface area contributed by atoms with Crippen LogP contribution in [0.25, 0.3) is 0 Å². The van der Waals surface area contributed by atoms with Crippen LogP contribution in [0.3, 0.4) is 0 Å². The fourth-order valence-electron chi connectivity index (χ4n) is 5.61. The highest BCUT2D eigenvalue weighted by molar-refractivity contribution is 5.33. The van der Waals surface area contributed by atoms with E-state index in [-0.39, 0.29) is 17.6 Å². The molecule has 6 atom stereocenters. The summed E-state index contributed by atoms with van der Waals surface area (Å²) in [4.78, 5) is 0. The van der Waals surface area contributed by atoms with Crippen molar-refractivity contribution in [1.82, 2.24) is 0 Å². The van der Waals surface area contributed by atoms with Crippen molar-refractivity contribution in [2.24, 2.45) is 23.2 Å². The molecule has 2 heteroatoms. The first-order chi connectivity index (χ1) is 9.59. The van der Waals surface area contributed by atoms with Crippen molar-refractivity contribution < 1.29 is 10.2 Å². The average molecular weight is 274 g/mol. The second-order valence-electron chi connectivity index (χ2n) is 7.70. The van der Waals surface area contributed by atoms with E-state index < -0.39 is 0 Å². The Hall–Kier alpha value is -0.600. The molecule has 2 N–H and O–H groups in total. The Balaban J connectivity index is 1.69. The zero-order valence-electron chi connectivity index (χ0n) is 12.4. The monoisotopic (exact) mass is 274 g/mol. The second kappa shape index (κ2) is 4.45. The van der Waals surface area contributed by atoms with Gasteiger partial charge in [0, 0.05) is 11.3 Å². The molecular weight excluding hydrogens is 248 g/mol. The molecule has 2 saturated carbocycles. The number of aliphatic hydroxyl groups excluding tert-OH is 2. The van der Waals surface area contributed by atoms with Gasteiger partial charge < -0.3 is 10.2 Å². The molecule has 4 aliphatic rings. The quantitative estimate of drug-likeness (QED) is 0.666. The zero-order chi connectivity index (χ0) is 13.9. The van der Waals surface area contributed by atoms with E-state index in [9.17, 15) is 10.2 Å². The van der Waals surface area contributed by atoms with Gasteiger partial charge in [0.1, 0.15) is 0 Å². The molecule has 4 aliphatic carbocycles. The minimum atomic E-state index is -0.208. The fourth-order valence-corrected chi connectivity index (χ4v) is 5.61. The number of aliphatic hydroxyl groups is 2. The van der Waals surface area contributed by atoms with Gasteiger partial charge in [-0.3, -0.25) is 0 Å². The van der Waals surface area contributed by atoms with Crippen LogP contribution < -0.4 is 0 Å². The van der Waals surface area contributed by atoms with Gasteiger partial charge in [-0.2, -0.15) is 0 Å². The van der Waals surface area contributed by atoms with Gasteiger partial charge in [-0.25, -0.2) is 0 Å². The highest BCUT2D eigenvalue weighted by atomic mass is 16.3. The van der Waals surface area contributed by atoms with Crippen LogP contribution in [-0.2, 0) is 0 Å². The molecule has 0 aromatic heterocycles. The number of hydrogen-bond donors (Lipinski definition) is 2. The van der Waals surface area contributed by atoms with Crippen LogP contribution in [-0.4, -0.2) is 22.4 Å². The molecule has 0 amide bonds. The maximum absolute atomic E-state index is 10.4. The molecule has 0 aromatic carbocycles. The summed E-state index contributed by atoms with van der Waals surface area (Å²) < 4.78 is 0. The lowest BCUT2D eigenvalue weighted by Crippen LogP contribution is -2.42. The SMILES string of the molecule is C[C@]12CC=C3[C@H]4CC[C@H](O)C=C4CC[C@H]3[C@@H]1CC[C@@H]2O. The van der Waals surface area contributed by atoms with Crippen LogP contribution >= 0.6 is 0 Å². The van der Waals surface area contributed by atoms with Crippen LogP contribution in [0.4, 0.5) is 0 Å². The average Bonchev–Trinajstić information content (AvgIpc) is 2.74. The van der Waals surface area contributed by atoms with Crippen molar-refractivity contribution in [2.45, 2.75) is 64.1 Å². The Kier molecular flexibility index (Phi) is 2.91. The highest BCUT2D eigenvalue weighted by Crippen LogP contribution is 2.59. The molecule has 4 rings (SSSR count). The van der Waals surface area contributed by atoms with E-state index in [1.54, 1.807) is 5.57 Å². The molecule has 2 fully saturated rings. The smallest absolute Gasteiger partial charge is 0.0724 e. The van der Waals surface area contributed by atoms with Crippen LogP contribution in [0.1, 0.15) is 51.9 Å². The van der Waals surface area contributed by atoms with E-state index in [4.69, 9.17) is 0 Å². The number of fused-ring (bicyclic) bond motifs is 5. The lowest BCUT2D eigenvalue weighted by Gasteiger charge is -2.49. The Morgan fingerprint density at radius 1 is 1.10 bits per heavy atom. The minimum absolute atomic E-state index is 0.101. The van der Waals surface area contributed by atoms with Crippen LogP contribution in [0.2, 0.25) is 0 Å². The molecular formula is C18H26O2. The van der Waals surface area contributed by atoms with Crippen molar-refractivity contribution in [1.29, 1.82) is 0 Å². The molecule has 20 heavy (non-hydrogen) atoms. The lowest BCUT2D eigenvalue weighted by molar-refractivity contribution is 0.0163. The van der Waals surface area contributed by atoms with Gasteiger partial charge in [-0.05, 0) is 56.8 Å². The van der Waals surface area contributed by atoms with Gasteiger partial charge in [-0.1, -0.05) is 30.2 Å². The van der Waals surface area contributed by atoms with Crippen LogP contribution in [0.15, 0.2) is 23.3 Å². The van der Waals surface area contributed by atoms with Crippen LogP contribution in [0.5, 0.6) is 0 Å². The Labute approximate surface area is 121 Å². The fraction of sp³-hybridized carbons (Fsp3) is 0.778. The van der Waals surface area contributed by atoms with Crippen molar-refractivity contribution in [3.8, 4) is 0 Å². The van der Waals surface area contributed by atoms with Gasteiger partial charge in [0.2, 0.25) is 0 Å². The number of hydrogen-bond acceptors (Lipinski definition) is 2. The Bertz CT molecular complexity index is 478. The van der Waals surface area contributed by atoms with Crippen molar-refractivity contribution in [3.05, 3.63) is 23.3 Å². The van der Waals surface area contributed by atoms with Gasteiger partial charge in [0.05, 0.1) is 12.2 Å². The maximum Gasteiger partial charge on any atom is 0.0724 e. The van der Waals surface area contributed by atoms with Gasteiger partial charge in [0.15, 0.2) is 0 Å². The molecule has 0 unspecified atom stereocenters. The van der Waals surface area contributed by atoms with Gasteiger partial charge in [0.25, 0.3) is 0 Å². The van der Waals surface area contributed by atoms with Crippen LogP contribution in [0, 0.1) is 23.2 Å². The first-order valence-corrected chi connectivity index (χ1v) is 8.36. The second-order valence-corrected chi connectivity index (χ2v) is 7.70. The topological polar surface area (TPSA) is 40.5 Å². The predicted molar refractivity (Wildman–Crippen MR) is 79.1 cm³/mol. The van der Waals surface area contributed by atoms with Crippen molar-refractivity contribution in [2.75, 3.05) is 0 Å². The third kappa shape index (κ3) is 1.70. The summed E-state index contributed by atoms with van der Waals surface area (Å²) >= 11 is 0. The van der Waals surface area contributed by atoms with Gasteiger partial charge in [-0.15, -0.1) is 0 Å². The highest BCUT2D eigenvalue weighted by Gasteiger charge is 2.53. The molecule has 0 heterocycles. The molecule has 110 valence electrons. The molecule has 0 aromatic rings. The first kappa shape index (κ1) is 13.1. The van der Waals surface area contributed by atoms with E-state index >= 15 is 0 Å². The Morgan fingerprint density at radius 2 is 1.95 bits per heavy atom. The summed E-state index contributed by atoms with van der Waals surface area (Å²) in [6.07, 6.45) is 12.0. The maximum atomic E-state index is 10.4. The summed E-state index contributed by atoms with van der Waals surface area (Å²) in [5.41, 5.74) is 3.28. The minimum Gasteiger partial charge on any atom is -0.393 e. The number of rotatable bonds is 0. The third-order valence-corrected chi connectivity index (χ3v) is 6.80. The van der Waals surface area contributed by atoms with Crippen molar-refractivity contribution in [3.63, 3.8) is 0 Å². The zero-order valence-corrected chi connectivity index (χ0v) is 12.4. The van der Waals surface area contributed by atoms with E-state index in [1.165, 1.54) is 18.4 Å². The lowest BCUT2D eigenvalue weighted by atomic mass is 9.56. The summed E-state index contributed by atoms with van der Waals surface area (Å²) in [6.45, 7) is 2.30. The normalized spacial score (nSPS) is 50.6. The van der Waals surface area contributed by atoms with E-state index in [0.717, 1.165) is 32.1 Å². The third-order valence-electron chi connectivity index (χ3n) is 6.80. The molecule has 0 radical (unpaired) electrons. The van der Waals surface area contributed by atoms with E-state index in [2.05, 4.69) is 19.1 Å². The molecule has 0 saturated heterocycles. The molecule has 0 aliphatic heterocycles. The van der Waals surface area contributed by atoms with Gasteiger partial charge >= 0.3 is 0 Å². The molecule has 0 bridgehead atoms. The summed E-state index contributed by atoms with van der Waals surface area (Å²) in [5, 5.41) is 20.2. The summed E-state index contributed by atoms with van der Waals surface area (Å²) in [5.74, 6) is 1.99. The standard InChI is InChI=1S/C18H26O2/c1-18-9-8-14-13-5-3-12(19)10-11(13)2-4-15(14)16(18)6-7-17(18)20/h8,10,12-13,15-17,19-20H,2-7,9H2,1H3/t12-,13-,15+,16-,17-,18-/m0/s1. The Morgan fingerprint density at radius 3 is 2.80 bits per heavy atom. The van der Waals surface area contributed by atoms with E-state index in [0.29, 0.717) is 17.8 Å². The van der Waals surface area contributed by atoms with Crippen molar-refractivity contribution >= 4 is 0 Å².